The van der Waals surface area contributed by atoms with Gasteiger partial charge in [0.2, 0.25) is 0 Å². The second-order valence-corrected chi connectivity index (χ2v) is 4.50. The standard InChI is InChI=1S/C13H15FN2/c14-10-3-4-13-12(7-10)9(8-16-13)6-11-2-1-5-15-11/h3-4,7-8,11,15-16H,1-2,5-6H2/t11-/m1/s1. The van der Waals surface area contributed by atoms with Crippen molar-refractivity contribution in [1.82, 2.24) is 10.3 Å². The van der Waals surface area contributed by atoms with Gasteiger partial charge in [0.15, 0.2) is 0 Å². The number of aromatic nitrogens is 1. The maximum absolute atomic E-state index is 13.2. The van der Waals surface area contributed by atoms with Crippen LogP contribution in [0, 0.1) is 5.82 Å². The van der Waals surface area contributed by atoms with Gasteiger partial charge in [-0.2, -0.15) is 0 Å². The third-order valence-corrected chi connectivity index (χ3v) is 3.36. The number of benzene rings is 1. The van der Waals surface area contributed by atoms with E-state index in [2.05, 4.69) is 10.3 Å². The highest BCUT2D eigenvalue weighted by molar-refractivity contribution is 5.83. The van der Waals surface area contributed by atoms with Gasteiger partial charge < -0.3 is 10.3 Å². The Balaban J connectivity index is 1.93. The third kappa shape index (κ3) is 1.71. The Kier molecular flexibility index (Phi) is 2.40. The molecule has 1 aliphatic rings. The van der Waals surface area contributed by atoms with Crippen molar-refractivity contribution in [3.63, 3.8) is 0 Å². The summed E-state index contributed by atoms with van der Waals surface area (Å²) >= 11 is 0. The summed E-state index contributed by atoms with van der Waals surface area (Å²) in [4.78, 5) is 3.19. The normalized spacial score (nSPS) is 20.7. The number of aromatic amines is 1. The van der Waals surface area contributed by atoms with Gasteiger partial charge >= 0.3 is 0 Å². The fourth-order valence-corrected chi connectivity index (χ4v) is 2.52. The quantitative estimate of drug-likeness (QED) is 0.796. The molecule has 0 unspecified atom stereocenters. The highest BCUT2D eigenvalue weighted by Gasteiger charge is 2.16. The average molecular weight is 218 g/mol. The molecule has 0 radical (unpaired) electrons. The van der Waals surface area contributed by atoms with Crippen molar-refractivity contribution in [3.05, 3.63) is 35.8 Å². The second kappa shape index (κ2) is 3.91. The van der Waals surface area contributed by atoms with E-state index in [9.17, 15) is 4.39 Å². The first-order chi connectivity index (χ1) is 7.83. The lowest BCUT2D eigenvalue weighted by Gasteiger charge is -2.08. The van der Waals surface area contributed by atoms with Crippen LogP contribution in [0.15, 0.2) is 24.4 Å². The number of rotatable bonds is 2. The Morgan fingerprint density at radius 2 is 2.31 bits per heavy atom. The molecule has 1 aromatic carbocycles. The lowest BCUT2D eigenvalue weighted by Crippen LogP contribution is -2.23. The van der Waals surface area contributed by atoms with Crippen LogP contribution in [0.2, 0.25) is 0 Å². The Bertz CT molecular complexity index is 498. The monoisotopic (exact) mass is 218 g/mol. The van der Waals surface area contributed by atoms with E-state index in [0.717, 1.165) is 23.9 Å². The number of hydrogen-bond acceptors (Lipinski definition) is 1. The minimum Gasteiger partial charge on any atom is -0.361 e. The third-order valence-electron chi connectivity index (χ3n) is 3.36. The molecule has 0 spiro atoms. The molecule has 1 saturated heterocycles. The van der Waals surface area contributed by atoms with E-state index < -0.39 is 0 Å². The van der Waals surface area contributed by atoms with Crippen LogP contribution >= 0.6 is 0 Å². The highest BCUT2D eigenvalue weighted by Crippen LogP contribution is 2.22. The van der Waals surface area contributed by atoms with E-state index >= 15 is 0 Å². The molecule has 16 heavy (non-hydrogen) atoms. The molecular weight excluding hydrogens is 203 g/mol. The number of halogens is 1. The van der Waals surface area contributed by atoms with E-state index in [1.807, 2.05) is 6.20 Å². The summed E-state index contributed by atoms with van der Waals surface area (Å²) in [5, 5.41) is 4.49. The molecule has 84 valence electrons. The summed E-state index contributed by atoms with van der Waals surface area (Å²) in [5.74, 6) is -0.160. The molecule has 2 nitrogen and oxygen atoms in total. The minimum atomic E-state index is -0.160. The molecule has 2 aromatic rings. The van der Waals surface area contributed by atoms with Gasteiger partial charge in [-0.15, -0.1) is 0 Å². The lowest BCUT2D eigenvalue weighted by molar-refractivity contribution is 0.604. The zero-order valence-electron chi connectivity index (χ0n) is 9.09. The van der Waals surface area contributed by atoms with Crippen LogP contribution in [-0.2, 0) is 6.42 Å². The molecule has 2 N–H and O–H groups in total. The van der Waals surface area contributed by atoms with E-state index in [0.29, 0.717) is 6.04 Å². The Labute approximate surface area is 93.9 Å². The topological polar surface area (TPSA) is 27.8 Å². The van der Waals surface area contributed by atoms with Crippen LogP contribution in [0.25, 0.3) is 10.9 Å². The first kappa shape index (κ1) is 9.85. The summed E-state index contributed by atoms with van der Waals surface area (Å²) in [6.07, 6.45) is 5.47. The molecule has 0 aliphatic carbocycles. The van der Waals surface area contributed by atoms with Crippen molar-refractivity contribution in [2.75, 3.05) is 6.54 Å². The number of fused-ring (bicyclic) bond motifs is 1. The predicted octanol–water partition coefficient (Wildman–Crippen LogP) is 2.60. The molecule has 1 aromatic heterocycles. The fraction of sp³-hybridized carbons (Fsp3) is 0.385. The van der Waals surface area contributed by atoms with Crippen LogP contribution in [-0.4, -0.2) is 17.6 Å². The fourth-order valence-electron chi connectivity index (χ4n) is 2.52. The van der Waals surface area contributed by atoms with Crippen molar-refractivity contribution < 1.29 is 4.39 Å². The lowest BCUT2D eigenvalue weighted by atomic mass is 10.0. The molecule has 3 rings (SSSR count). The van der Waals surface area contributed by atoms with Crippen molar-refractivity contribution in [2.24, 2.45) is 0 Å². The van der Waals surface area contributed by atoms with Gasteiger partial charge in [-0.1, -0.05) is 0 Å². The van der Waals surface area contributed by atoms with Crippen LogP contribution in [0.1, 0.15) is 18.4 Å². The van der Waals surface area contributed by atoms with Gasteiger partial charge in [0, 0.05) is 23.1 Å². The van der Waals surface area contributed by atoms with E-state index in [4.69, 9.17) is 0 Å². The van der Waals surface area contributed by atoms with Crippen molar-refractivity contribution in [1.29, 1.82) is 0 Å². The van der Waals surface area contributed by atoms with E-state index in [-0.39, 0.29) is 5.82 Å². The van der Waals surface area contributed by atoms with Gasteiger partial charge in [0.05, 0.1) is 0 Å². The number of H-pyrrole nitrogens is 1. The Morgan fingerprint density at radius 1 is 1.38 bits per heavy atom. The molecule has 0 bridgehead atoms. The summed E-state index contributed by atoms with van der Waals surface area (Å²) < 4.78 is 13.2. The van der Waals surface area contributed by atoms with Crippen LogP contribution in [0.3, 0.4) is 0 Å². The van der Waals surface area contributed by atoms with Crippen LogP contribution in [0.5, 0.6) is 0 Å². The molecule has 0 saturated carbocycles. The maximum Gasteiger partial charge on any atom is 0.123 e. The number of hydrogen-bond donors (Lipinski definition) is 2. The molecule has 2 heterocycles. The Morgan fingerprint density at radius 3 is 3.12 bits per heavy atom. The molecule has 0 amide bonds. The average Bonchev–Trinajstić information content (AvgIpc) is 2.90. The Hall–Kier alpha value is -1.35. The summed E-state index contributed by atoms with van der Waals surface area (Å²) in [6.45, 7) is 1.11. The van der Waals surface area contributed by atoms with Gasteiger partial charge in [-0.25, -0.2) is 4.39 Å². The van der Waals surface area contributed by atoms with Crippen LogP contribution in [0.4, 0.5) is 4.39 Å². The van der Waals surface area contributed by atoms with Crippen LogP contribution < -0.4 is 5.32 Å². The minimum absolute atomic E-state index is 0.160. The first-order valence-corrected chi connectivity index (χ1v) is 5.82. The molecular formula is C13H15FN2. The van der Waals surface area contributed by atoms with E-state index in [1.165, 1.54) is 24.5 Å². The SMILES string of the molecule is Fc1ccc2[nH]cc(C[C@H]3CCCN3)c2c1. The highest BCUT2D eigenvalue weighted by atomic mass is 19.1. The number of nitrogens with one attached hydrogen (secondary N) is 2. The largest absolute Gasteiger partial charge is 0.361 e. The first-order valence-electron chi connectivity index (χ1n) is 5.82. The second-order valence-electron chi connectivity index (χ2n) is 4.50. The van der Waals surface area contributed by atoms with Gasteiger partial charge in [-0.3, -0.25) is 0 Å². The predicted molar refractivity (Wildman–Crippen MR) is 63.0 cm³/mol. The summed E-state index contributed by atoms with van der Waals surface area (Å²) in [6, 6.07) is 5.48. The zero-order valence-corrected chi connectivity index (χ0v) is 9.09. The van der Waals surface area contributed by atoms with Crippen molar-refractivity contribution in [2.45, 2.75) is 25.3 Å². The summed E-state index contributed by atoms with van der Waals surface area (Å²) in [7, 11) is 0. The van der Waals surface area contributed by atoms with Gasteiger partial charge in [0.25, 0.3) is 0 Å². The maximum atomic E-state index is 13.2. The smallest absolute Gasteiger partial charge is 0.123 e. The van der Waals surface area contributed by atoms with Crippen molar-refractivity contribution >= 4 is 10.9 Å². The molecule has 1 aliphatic heterocycles. The molecule has 1 fully saturated rings. The molecule has 1 atom stereocenters. The molecule has 3 heteroatoms. The van der Waals surface area contributed by atoms with Gasteiger partial charge in [0.1, 0.15) is 5.82 Å². The summed E-state index contributed by atoms with van der Waals surface area (Å²) in [5.41, 5.74) is 2.24. The van der Waals surface area contributed by atoms with E-state index in [1.54, 1.807) is 12.1 Å². The van der Waals surface area contributed by atoms with Crippen molar-refractivity contribution in [3.8, 4) is 0 Å². The zero-order chi connectivity index (χ0) is 11.0. The van der Waals surface area contributed by atoms with Gasteiger partial charge in [-0.05, 0) is 49.6 Å².